The number of ether oxygens (including phenoxy) is 1. The fourth-order valence-corrected chi connectivity index (χ4v) is 1.89. The first-order valence-corrected chi connectivity index (χ1v) is 6.92. The van der Waals surface area contributed by atoms with Gasteiger partial charge in [0, 0.05) is 6.54 Å². The van der Waals surface area contributed by atoms with Gasteiger partial charge in [-0.05, 0) is 29.7 Å². The molecular weight excluding hydrogens is 282 g/mol. The quantitative estimate of drug-likeness (QED) is 0.330. The number of carbonyl (C=O) groups excluding carboxylic acids is 1. The summed E-state index contributed by atoms with van der Waals surface area (Å²) in [6.07, 6.45) is 0.637. The molecule has 6 nitrogen and oxygen atoms in total. The number of hydrogen-bond donors (Lipinski definition) is 3. The Hall–Kier alpha value is -2.57. The molecule has 0 fully saturated rings. The molecular formula is C16H19N3O3. The zero-order chi connectivity index (χ0) is 15.8. The van der Waals surface area contributed by atoms with Gasteiger partial charge in [-0.25, -0.2) is 10.6 Å². The predicted molar refractivity (Wildman–Crippen MR) is 82.1 cm³/mol. The summed E-state index contributed by atoms with van der Waals surface area (Å²) in [5, 5.41) is 11.2. The molecule has 22 heavy (non-hydrogen) atoms. The fourth-order valence-electron chi connectivity index (χ4n) is 1.89. The van der Waals surface area contributed by atoms with E-state index in [1.54, 1.807) is 0 Å². The van der Waals surface area contributed by atoms with E-state index in [0.29, 0.717) is 19.6 Å². The molecule has 0 heterocycles. The first-order valence-electron chi connectivity index (χ1n) is 6.92. The van der Waals surface area contributed by atoms with Crippen molar-refractivity contribution in [3.8, 4) is 5.75 Å². The summed E-state index contributed by atoms with van der Waals surface area (Å²) in [6, 6.07) is 16.9. The molecule has 2 amide bonds. The average Bonchev–Trinajstić information content (AvgIpc) is 2.55. The third kappa shape index (κ3) is 5.08. The molecule has 0 saturated carbocycles. The van der Waals surface area contributed by atoms with E-state index in [2.05, 4.69) is 5.32 Å². The van der Waals surface area contributed by atoms with Crippen LogP contribution >= 0.6 is 0 Å². The maximum Gasteiger partial charge on any atom is 0.356 e. The summed E-state index contributed by atoms with van der Waals surface area (Å²) in [5.41, 5.74) is 2.17. The van der Waals surface area contributed by atoms with Crippen LogP contribution in [0.5, 0.6) is 5.75 Å². The molecule has 0 aliphatic rings. The molecule has 0 atom stereocenters. The van der Waals surface area contributed by atoms with Gasteiger partial charge in [0.05, 0.1) is 0 Å². The molecule has 0 bridgehead atoms. The Balaban J connectivity index is 1.77. The third-order valence-corrected chi connectivity index (χ3v) is 3.07. The number of hydrogen-bond acceptors (Lipinski definition) is 4. The van der Waals surface area contributed by atoms with Crippen molar-refractivity contribution in [2.45, 2.75) is 13.0 Å². The first kappa shape index (κ1) is 15.8. The largest absolute Gasteiger partial charge is 0.489 e. The van der Waals surface area contributed by atoms with Crippen LogP contribution in [0.3, 0.4) is 0 Å². The van der Waals surface area contributed by atoms with E-state index in [1.807, 2.05) is 54.6 Å². The molecule has 0 saturated heterocycles. The minimum absolute atomic E-state index is 0.0283. The fraction of sp³-hybridized carbons (Fsp3) is 0.188. The van der Waals surface area contributed by atoms with Crippen LogP contribution in [0.4, 0.5) is 4.79 Å². The number of urea groups is 1. The maximum absolute atomic E-state index is 11.0. The molecule has 6 heteroatoms. The zero-order valence-corrected chi connectivity index (χ0v) is 12.1. The van der Waals surface area contributed by atoms with Gasteiger partial charge in [0.1, 0.15) is 12.4 Å². The minimum Gasteiger partial charge on any atom is -0.489 e. The molecule has 2 aromatic carbocycles. The molecule has 4 N–H and O–H groups in total. The molecule has 0 spiro atoms. The van der Waals surface area contributed by atoms with E-state index >= 15 is 0 Å². The molecule has 2 rings (SSSR count). The Morgan fingerprint density at radius 2 is 1.77 bits per heavy atom. The summed E-state index contributed by atoms with van der Waals surface area (Å²) in [6.45, 7) is 0.913. The Bertz CT molecular complexity index is 585. The molecule has 0 aliphatic heterocycles. The number of carbonyl (C=O) groups is 1. The minimum atomic E-state index is -0.734. The van der Waals surface area contributed by atoms with Gasteiger partial charge in [0.15, 0.2) is 0 Å². The van der Waals surface area contributed by atoms with Crippen molar-refractivity contribution in [2.24, 2.45) is 5.84 Å². The first-order chi connectivity index (χ1) is 10.6. The highest BCUT2D eigenvalue weighted by molar-refractivity contribution is 5.72. The van der Waals surface area contributed by atoms with E-state index in [4.69, 9.17) is 15.8 Å². The Kier molecular flexibility index (Phi) is 5.76. The van der Waals surface area contributed by atoms with E-state index < -0.39 is 6.03 Å². The molecule has 0 radical (unpaired) electrons. The number of rotatable bonds is 6. The average molecular weight is 301 g/mol. The number of nitrogens with two attached hydrogens (primary N) is 1. The summed E-state index contributed by atoms with van der Waals surface area (Å²) in [7, 11) is 0. The van der Waals surface area contributed by atoms with Gasteiger partial charge in [0.25, 0.3) is 0 Å². The summed E-state index contributed by atoms with van der Waals surface area (Å²) < 4.78 is 5.70. The Labute approximate surface area is 129 Å². The van der Waals surface area contributed by atoms with Crippen LogP contribution in [0, 0.1) is 0 Å². The van der Waals surface area contributed by atoms with Crippen molar-refractivity contribution in [1.29, 1.82) is 0 Å². The second kappa shape index (κ2) is 8.02. The lowest BCUT2D eigenvalue weighted by molar-refractivity contribution is -0.0444. The van der Waals surface area contributed by atoms with Crippen molar-refractivity contribution < 1.29 is 14.7 Å². The van der Waals surface area contributed by atoms with Crippen LogP contribution in [0.2, 0.25) is 0 Å². The van der Waals surface area contributed by atoms with E-state index in [-0.39, 0.29) is 5.17 Å². The van der Waals surface area contributed by atoms with E-state index in [9.17, 15) is 4.79 Å². The number of hydrazine groups is 1. The summed E-state index contributed by atoms with van der Waals surface area (Å²) >= 11 is 0. The van der Waals surface area contributed by atoms with Crippen molar-refractivity contribution in [3.63, 3.8) is 0 Å². The van der Waals surface area contributed by atoms with Crippen LogP contribution in [0.25, 0.3) is 0 Å². The zero-order valence-electron chi connectivity index (χ0n) is 12.1. The second-order valence-corrected chi connectivity index (χ2v) is 4.74. The molecule has 0 aliphatic carbocycles. The standard InChI is InChI=1S/C16H19N3O3/c17-19(21)16(20)18-11-10-13-6-8-15(9-7-13)22-12-14-4-2-1-3-5-14/h1-9,21H,10-12,17H2,(H,18,20). The number of hydroxylamine groups is 1. The number of benzene rings is 2. The highest BCUT2D eigenvalue weighted by Crippen LogP contribution is 2.14. The number of amides is 2. The monoisotopic (exact) mass is 301 g/mol. The van der Waals surface area contributed by atoms with Gasteiger partial charge >= 0.3 is 6.03 Å². The van der Waals surface area contributed by atoms with Crippen LogP contribution in [0.1, 0.15) is 11.1 Å². The van der Waals surface area contributed by atoms with Gasteiger partial charge < -0.3 is 10.1 Å². The van der Waals surface area contributed by atoms with Gasteiger partial charge in [-0.3, -0.25) is 5.21 Å². The number of nitrogens with one attached hydrogen (secondary N) is 1. The lowest BCUT2D eigenvalue weighted by Gasteiger charge is -2.10. The van der Waals surface area contributed by atoms with Gasteiger partial charge in [-0.15, -0.1) is 5.17 Å². The SMILES string of the molecule is NN(O)C(=O)NCCc1ccc(OCc2ccccc2)cc1. The summed E-state index contributed by atoms with van der Waals surface area (Å²) in [5.74, 6) is 5.67. The van der Waals surface area contributed by atoms with Crippen molar-refractivity contribution in [3.05, 3.63) is 65.7 Å². The van der Waals surface area contributed by atoms with Gasteiger partial charge in [0.2, 0.25) is 0 Å². The van der Waals surface area contributed by atoms with Crippen LogP contribution in [-0.2, 0) is 13.0 Å². The normalized spacial score (nSPS) is 10.1. The second-order valence-electron chi connectivity index (χ2n) is 4.74. The molecule has 0 unspecified atom stereocenters. The summed E-state index contributed by atoms with van der Waals surface area (Å²) in [4.78, 5) is 11.0. The highest BCUT2D eigenvalue weighted by atomic mass is 16.5. The van der Waals surface area contributed by atoms with Gasteiger partial charge in [-0.2, -0.15) is 0 Å². The molecule has 2 aromatic rings. The topological polar surface area (TPSA) is 87.8 Å². The van der Waals surface area contributed by atoms with Crippen LogP contribution in [-0.4, -0.2) is 23.0 Å². The molecule has 116 valence electrons. The van der Waals surface area contributed by atoms with Gasteiger partial charge in [-0.1, -0.05) is 42.5 Å². The van der Waals surface area contributed by atoms with Crippen LogP contribution < -0.4 is 15.9 Å². The predicted octanol–water partition coefficient (Wildman–Crippen LogP) is 2.08. The Morgan fingerprint density at radius 3 is 2.41 bits per heavy atom. The maximum atomic E-state index is 11.0. The third-order valence-electron chi connectivity index (χ3n) is 3.07. The lowest BCUT2D eigenvalue weighted by Crippen LogP contribution is -2.42. The van der Waals surface area contributed by atoms with Crippen molar-refractivity contribution in [2.75, 3.05) is 6.54 Å². The number of nitrogens with zero attached hydrogens (tertiary/aromatic N) is 1. The Morgan fingerprint density at radius 1 is 1.09 bits per heavy atom. The lowest BCUT2D eigenvalue weighted by atomic mass is 10.1. The van der Waals surface area contributed by atoms with Crippen molar-refractivity contribution in [1.82, 2.24) is 10.5 Å². The molecule has 0 aromatic heterocycles. The highest BCUT2D eigenvalue weighted by Gasteiger charge is 2.04. The van der Waals surface area contributed by atoms with Crippen LogP contribution in [0.15, 0.2) is 54.6 Å². The van der Waals surface area contributed by atoms with E-state index in [1.165, 1.54) is 0 Å². The van der Waals surface area contributed by atoms with E-state index in [0.717, 1.165) is 16.9 Å². The van der Waals surface area contributed by atoms with Crippen molar-refractivity contribution >= 4 is 6.03 Å². The smallest absolute Gasteiger partial charge is 0.356 e.